The highest BCUT2D eigenvalue weighted by molar-refractivity contribution is 8.14. The molecule has 1 heterocycles. The molecule has 1 aliphatic heterocycles. The van der Waals surface area contributed by atoms with Gasteiger partial charge in [-0.15, -0.1) is 0 Å². The SMILES string of the molecule is CCN(CC)CCNC(=O)C(=O)NCCN1C(=O)CSC1=O. The van der Waals surface area contributed by atoms with Crippen LogP contribution in [0.4, 0.5) is 4.79 Å². The van der Waals surface area contributed by atoms with E-state index in [9.17, 15) is 19.2 Å². The van der Waals surface area contributed by atoms with E-state index in [1.54, 1.807) is 0 Å². The number of nitrogens with zero attached hydrogens (tertiary/aromatic N) is 2. The summed E-state index contributed by atoms with van der Waals surface area (Å²) in [5.74, 6) is -1.60. The number of amides is 4. The molecule has 22 heavy (non-hydrogen) atoms. The van der Waals surface area contributed by atoms with Crippen LogP contribution in [-0.2, 0) is 14.4 Å². The first-order valence-corrected chi connectivity index (χ1v) is 8.23. The third kappa shape index (κ3) is 5.64. The molecule has 1 fully saturated rings. The number of imide groups is 1. The average Bonchev–Trinajstić information content (AvgIpc) is 2.83. The van der Waals surface area contributed by atoms with Crippen LogP contribution in [0.1, 0.15) is 13.8 Å². The van der Waals surface area contributed by atoms with Crippen molar-refractivity contribution in [3.05, 3.63) is 0 Å². The van der Waals surface area contributed by atoms with Gasteiger partial charge in [0.25, 0.3) is 5.24 Å². The maximum absolute atomic E-state index is 11.6. The Labute approximate surface area is 134 Å². The standard InChI is InChI=1S/C13H22N4O4S/c1-3-16(4-2)7-5-14-11(19)12(20)15-6-8-17-10(18)9-22-13(17)21/h3-9H2,1-2H3,(H,14,19)(H,15,20). The first kappa shape index (κ1) is 18.4. The van der Waals surface area contributed by atoms with E-state index in [0.717, 1.165) is 29.8 Å². The molecule has 0 spiro atoms. The lowest BCUT2D eigenvalue weighted by atomic mass is 10.4. The molecule has 0 aromatic carbocycles. The van der Waals surface area contributed by atoms with Crippen LogP contribution in [0.15, 0.2) is 0 Å². The molecule has 8 nitrogen and oxygen atoms in total. The van der Waals surface area contributed by atoms with E-state index in [4.69, 9.17) is 0 Å². The molecular weight excluding hydrogens is 308 g/mol. The van der Waals surface area contributed by atoms with Crippen molar-refractivity contribution in [2.75, 3.05) is 45.0 Å². The van der Waals surface area contributed by atoms with Gasteiger partial charge in [0.05, 0.1) is 5.75 Å². The van der Waals surface area contributed by atoms with Crippen molar-refractivity contribution in [3.63, 3.8) is 0 Å². The summed E-state index contributed by atoms with van der Waals surface area (Å²) in [7, 11) is 0. The third-order valence-corrected chi connectivity index (χ3v) is 4.13. The molecule has 1 aliphatic rings. The lowest BCUT2D eigenvalue weighted by Crippen LogP contribution is -2.45. The second kappa shape index (κ2) is 9.42. The molecule has 0 bridgehead atoms. The summed E-state index contributed by atoms with van der Waals surface area (Å²) in [6, 6.07) is 0. The molecule has 124 valence electrons. The first-order valence-electron chi connectivity index (χ1n) is 7.25. The maximum atomic E-state index is 11.6. The summed E-state index contributed by atoms with van der Waals surface area (Å²) in [5.41, 5.74) is 0. The molecule has 2 N–H and O–H groups in total. The molecule has 9 heteroatoms. The fourth-order valence-electron chi connectivity index (χ4n) is 1.91. The van der Waals surface area contributed by atoms with Crippen LogP contribution in [0.2, 0.25) is 0 Å². The Bertz CT molecular complexity index is 424. The minimum atomic E-state index is -0.758. The number of hydrogen-bond acceptors (Lipinski definition) is 6. The van der Waals surface area contributed by atoms with Crippen LogP contribution in [0.3, 0.4) is 0 Å². The Morgan fingerprint density at radius 2 is 1.73 bits per heavy atom. The van der Waals surface area contributed by atoms with Crippen molar-refractivity contribution in [1.29, 1.82) is 0 Å². The minimum absolute atomic E-state index is 0.0698. The lowest BCUT2D eigenvalue weighted by Gasteiger charge is -2.18. The van der Waals surface area contributed by atoms with Gasteiger partial charge in [-0.1, -0.05) is 25.6 Å². The van der Waals surface area contributed by atoms with Gasteiger partial charge in [-0.25, -0.2) is 0 Å². The largest absolute Gasteiger partial charge is 0.347 e. The fourth-order valence-corrected chi connectivity index (χ4v) is 2.66. The Morgan fingerprint density at radius 1 is 1.14 bits per heavy atom. The zero-order valence-corrected chi connectivity index (χ0v) is 13.7. The number of nitrogens with one attached hydrogen (secondary N) is 2. The number of hydrogen-bond donors (Lipinski definition) is 2. The van der Waals surface area contributed by atoms with Gasteiger partial charge < -0.3 is 15.5 Å². The zero-order chi connectivity index (χ0) is 16.5. The molecule has 0 aromatic rings. The highest BCUT2D eigenvalue weighted by atomic mass is 32.2. The summed E-state index contributed by atoms with van der Waals surface area (Å²) < 4.78 is 0. The topological polar surface area (TPSA) is 98.8 Å². The second-order valence-electron chi connectivity index (χ2n) is 4.64. The van der Waals surface area contributed by atoms with Gasteiger partial charge in [-0.2, -0.15) is 0 Å². The third-order valence-electron chi connectivity index (χ3n) is 3.28. The summed E-state index contributed by atoms with van der Waals surface area (Å²) in [5, 5.41) is 4.61. The van der Waals surface area contributed by atoms with Gasteiger partial charge in [0.1, 0.15) is 0 Å². The predicted octanol–water partition coefficient (Wildman–Crippen LogP) is -0.744. The number of likely N-dealkylation sites (N-methyl/N-ethyl adjacent to an activating group) is 1. The van der Waals surface area contributed by atoms with Gasteiger partial charge in [0, 0.05) is 26.2 Å². The molecule has 0 radical (unpaired) electrons. The lowest BCUT2D eigenvalue weighted by molar-refractivity contribution is -0.139. The summed E-state index contributed by atoms with van der Waals surface area (Å²) in [4.78, 5) is 49.0. The molecule has 0 unspecified atom stereocenters. The van der Waals surface area contributed by atoms with Crippen LogP contribution in [-0.4, -0.2) is 77.8 Å². The quantitative estimate of drug-likeness (QED) is 0.569. The molecule has 0 aromatic heterocycles. The molecule has 0 atom stereocenters. The Kier molecular flexibility index (Phi) is 7.89. The number of carbonyl (C=O) groups excluding carboxylic acids is 4. The van der Waals surface area contributed by atoms with E-state index in [1.165, 1.54) is 0 Å². The first-order chi connectivity index (χ1) is 10.5. The van der Waals surface area contributed by atoms with E-state index in [2.05, 4.69) is 15.5 Å². The van der Waals surface area contributed by atoms with Crippen molar-refractivity contribution < 1.29 is 19.2 Å². The number of carbonyl (C=O) groups is 4. The highest BCUT2D eigenvalue weighted by Crippen LogP contribution is 2.17. The highest BCUT2D eigenvalue weighted by Gasteiger charge is 2.29. The molecule has 4 amide bonds. The van der Waals surface area contributed by atoms with Crippen LogP contribution in [0.5, 0.6) is 0 Å². The predicted molar refractivity (Wildman–Crippen MR) is 83.4 cm³/mol. The van der Waals surface area contributed by atoms with Crippen molar-refractivity contribution in [2.45, 2.75) is 13.8 Å². The van der Waals surface area contributed by atoms with E-state index in [1.807, 2.05) is 13.8 Å². The summed E-state index contributed by atoms with van der Waals surface area (Å²) in [6.07, 6.45) is 0. The van der Waals surface area contributed by atoms with E-state index in [0.29, 0.717) is 13.1 Å². The van der Waals surface area contributed by atoms with Gasteiger partial charge >= 0.3 is 11.8 Å². The maximum Gasteiger partial charge on any atom is 0.309 e. The molecule has 1 rings (SSSR count). The van der Waals surface area contributed by atoms with Gasteiger partial charge in [0.15, 0.2) is 0 Å². The normalized spacial score (nSPS) is 14.6. The van der Waals surface area contributed by atoms with E-state index >= 15 is 0 Å². The molecule has 0 saturated carbocycles. The molecular formula is C13H22N4O4S. The molecule has 1 saturated heterocycles. The van der Waals surface area contributed by atoms with Gasteiger partial charge in [-0.3, -0.25) is 24.1 Å². The molecule has 0 aliphatic carbocycles. The smallest absolute Gasteiger partial charge is 0.309 e. The Hall–Kier alpha value is -1.61. The van der Waals surface area contributed by atoms with Crippen molar-refractivity contribution in [1.82, 2.24) is 20.4 Å². The monoisotopic (exact) mass is 330 g/mol. The van der Waals surface area contributed by atoms with Crippen molar-refractivity contribution in [3.8, 4) is 0 Å². The second-order valence-corrected chi connectivity index (χ2v) is 5.57. The Balaban J connectivity index is 2.20. The van der Waals surface area contributed by atoms with E-state index < -0.39 is 11.8 Å². The minimum Gasteiger partial charge on any atom is -0.347 e. The van der Waals surface area contributed by atoms with Crippen LogP contribution < -0.4 is 10.6 Å². The van der Waals surface area contributed by atoms with Gasteiger partial charge in [-0.05, 0) is 13.1 Å². The van der Waals surface area contributed by atoms with Crippen LogP contribution in [0, 0.1) is 0 Å². The van der Waals surface area contributed by atoms with E-state index in [-0.39, 0.29) is 30.0 Å². The summed E-state index contributed by atoms with van der Waals surface area (Å²) >= 11 is 0.937. The summed E-state index contributed by atoms with van der Waals surface area (Å²) in [6.45, 7) is 7.05. The zero-order valence-electron chi connectivity index (χ0n) is 12.9. The van der Waals surface area contributed by atoms with Crippen molar-refractivity contribution in [2.24, 2.45) is 0 Å². The fraction of sp³-hybridized carbons (Fsp3) is 0.692. The Morgan fingerprint density at radius 3 is 2.23 bits per heavy atom. The average molecular weight is 330 g/mol. The van der Waals surface area contributed by atoms with Crippen LogP contribution in [0.25, 0.3) is 0 Å². The van der Waals surface area contributed by atoms with Crippen LogP contribution >= 0.6 is 11.8 Å². The number of thioether (sulfide) groups is 1. The van der Waals surface area contributed by atoms with Gasteiger partial charge in [0.2, 0.25) is 5.91 Å². The number of rotatable bonds is 8. The van der Waals surface area contributed by atoms with Crippen molar-refractivity contribution >= 4 is 34.7 Å².